The third kappa shape index (κ3) is 6.22. The number of aryl methyl sites for hydroxylation is 1. The van der Waals surface area contributed by atoms with Gasteiger partial charge in [-0.25, -0.2) is 9.97 Å². The van der Waals surface area contributed by atoms with Crippen LogP contribution in [0.4, 0.5) is 32.0 Å². The lowest BCUT2D eigenvalue weighted by molar-refractivity contribution is -0.141. The number of nitrogens with one attached hydrogen (secondary N) is 1. The Labute approximate surface area is 183 Å². The Hall–Kier alpha value is -3.08. The van der Waals surface area contributed by atoms with Gasteiger partial charge in [-0.05, 0) is 31.2 Å². The van der Waals surface area contributed by atoms with Gasteiger partial charge in [-0.15, -0.1) is 0 Å². The number of thioether (sulfide) groups is 1. The quantitative estimate of drug-likeness (QED) is 0.273. The summed E-state index contributed by atoms with van der Waals surface area (Å²) in [5.41, 5.74) is -0.793. The molecule has 0 radical (unpaired) electrons. The van der Waals surface area contributed by atoms with Crippen LogP contribution in [0.5, 0.6) is 0 Å². The number of amides is 1. The average molecular weight is 471 g/mol. The smallest absolute Gasteiger partial charge is 0.325 e. The molecule has 2 aromatic carbocycles. The van der Waals surface area contributed by atoms with Crippen molar-refractivity contribution < 1.29 is 31.1 Å². The summed E-state index contributed by atoms with van der Waals surface area (Å²) in [4.78, 5) is 19.7. The summed E-state index contributed by atoms with van der Waals surface area (Å²) in [6, 6.07) is 11.5. The van der Waals surface area contributed by atoms with Gasteiger partial charge in [-0.2, -0.15) is 26.3 Å². The lowest BCUT2D eigenvalue weighted by atomic mass is 10.1. The van der Waals surface area contributed by atoms with Gasteiger partial charge in [0.05, 0.1) is 17.0 Å². The number of hydrogen-bond acceptors (Lipinski definition) is 4. The van der Waals surface area contributed by atoms with Gasteiger partial charge in [0.25, 0.3) is 0 Å². The molecule has 3 rings (SSSR count). The maximum Gasteiger partial charge on any atom is 0.433 e. The number of hydrogen-bond donors (Lipinski definition) is 1. The van der Waals surface area contributed by atoms with E-state index in [2.05, 4.69) is 15.3 Å². The molecule has 0 atom stereocenters. The van der Waals surface area contributed by atoms with E-state index in [1.54, 1.807) is 24.3 Å². The van der Waals surface area contributed by atoms with Crippen molar-refractivity contribution in [2.75, 3.05) is 11.1 Å². The Morgan fingerprint density at radius 1 is 0.938 bits per heavy atom. The predicted octanol–water partition coefficient (Wildman–Crippen LogP) is 6.22. The zero-order valence-electron chi connectivity index (χ0n) is 16.4. The third-order valence-electron chi connectivity index (χ3n) is 4.15. The molecule has 0 saturated carbocycles. The minimum atomic E-state index is -4.72. The molecule has 0 aliphatic carbocycles. The SMILES string of the molecule is Cc1ccc(-c2cc(C(F)(F)F)nc(SCC(=O)Nc3cccc(C(F)(F)F)c3)n2)cc1. The summed E-state index contributed by atoms with van der Waals surface area (Å²) in [6.07, 6.45) is -9.30. The van der Waals surface area contributed by atoms with Crippen molar-refractivity contribution in [3.8, 4) is 11.3 Å². The predicted molar refractivity (Wildman–Crippen MR) is 108 cm³/mol. The van der Waals surface area contributed by atoms with Crippen LogP contribution in [-0.4, -0.2) is 21.6 Å². The summed E-state index contributed by atoms with van der Waals surface area (Å²) >= 11 is 0.643. The van der Waals surface area contributed by atoms with E-state index in [1.165, 1.54) is 6.07 Å². The van der Waals surface area contributed by atoms with Crippen LogP contribution >= 0.6 is 11.8 Å². The lowest BCUT2D eigenvalue weighted by Gasteiger charge is -2.11. The minimum absolute atomic E-state index is 0.0353. The number of aromatic nitrogens is 2. The number of carbonyl (C=O) groups is 1. The van der Waals surface area contributed by atoms with Gasteiger partial charge < -0.3 is 5.32 Å². The van der Waals surface area contributed by atoms with Gasteiger partial charge in [-0.1, -0.05) is 47.7 Å². The fourth-order valence-corrected chi connectivity index (χ4v) is 3.27. The Morgan fingerprint density at radius 2 is 1.62 bits per heavy atom. The highest BCUT2D eigenvalue weighted by Gasteiger charge is 2.34. The Morgan fingerprint density at radius 3 is 2.25 bits per heavy atom. The van der Waals surface area contributed by atoms with E-state index >= 15 is 0 Å². The number of nitrogens with zero attached hydrogens (tertiary/aromatic N) is 2. The van der Waals surface area contributed by atoms with E-state index in [4.69, 9.17) is 0 Å². The zero-order chi connectivity index (χ0) is 23.5. The number of alkyl halides is 6. The summed E-state index contributed by atoms with van der Waals surface area (Å²) in [6.45, 7) is 1.83. The van der Waals surface area contributed by atoms with Gasteiger partial charge >= 0.3 is 12.4 Å². The van der Waals surface area contributed by atoms with Crippen LogP contribution in [0.15, 0.2) is 59.8 Å². The molecular formula is C21H15F6N3OS. The molecule has 0 aliphatic rings. The molecule has 1 amide bonds. The molecule has 0 bridgehead atoms. The molecule has 11 heteroatoms. The maximum absolute atomic E-state index is 13.3. The number of halogens is 6. The molecule has 0 spiro atoms. The Balaban J connectivity index is 1.77. The summed E-state index contributed by atoms with van der Waals surface area (Å²) < 4.78 is 78.2. The minimum Gasteiger partial charge on any atom is -0.325 e. The van der Waals surface area contributed by atoms with Crippen LogP contribution in [0.2, 0.25) is 0 Å². The van der Waals surface area contributed by atoms with Gasteiger partial charge in [-0.3, -0.25) is 4.79 Å². The third-order valence-corrected chi connectivity index (χ3v) is 5.00. The first-order chi connectivity index (χ1) is 14.9. The van der Waals surface area contributed by atoms with Crippen LogP contribution < -0.4 is 5.32 Å². The fraction of sp³-hybridized carbons (Fsp3) is 0.190. The first kappa shape index (κ1) is 23.6. The van der Waals surface area contributed by atoms with Crippen molar-refractivity contribution in [1.82, 2.24) is 9.97 Å². The van der Waals surface area contributed by atoms with E-state index in [0.29, 0.717) is 17.3 Å². The van der Waals surface area contributed by atoms with E-state index in [0.717, 1.165) is 29.8 Å². The Bertz CT molecular complexity index is 1110. The lowest BCUT2D eigenvalue weighted by Crippen LogP contribution is -2.16. The van der Waals surface area contributed by atoms with Crippen molar-refractivity contribution in [2.24, 2.45) is 0 Å². The molecule has 4 nitrogen and oxygen atoms in total. The number of benzene rings is 2. The normalized spacial score (nSPS) is 12.0. The second-order valence-electron chi connectivity index (χ2n) is 6.70. The van der Waals surface area contributed by atoms with Crippen molar-refractivity contribution in [2.45, 2.75) is 24.4 Å². The molecular weight excluding hydrogens is 456 g/mol. The van der Waals surface area contributed by atoms with Crippen molar-refractivity contribution >= 4 is 23.4 Å². The molecule has 1 aromatic heterocycles. The average Bonchev–Trinajstić information content (AvgIpc) is 2.71. The largest absolute Gasteiger partial charge is 0.433 e. The molecule has 0 unspecified atom stereocenters. The van der Waals surface area contributed by atoms with E-state index in [-0.39, 0.29) is 16.5 Å². The van der Waals surface area contributed by atoms with Gasteiger partial charge in [0.2, 0.25) is 5.91 Å². The topological polar surface area (TPSA) is 54.9 Å². The molecule has 168 valence electrons. The molecule has 3 aromatic rings. The zero-order valence-corrected chi connectivity index (χ0v) is 17.2. The van der Waals surface area contributed by atoms with Crippen LogP contribution in [0.25, 0.3) is 11.3 Å². The molecule has 1 heterocycles. The highest BCUT2D eigenvalue weighted by atomic mass is 32.2. The second kappa shape index (κ2) is 9.19. The maximum atomic E-state index is 13.3. The Kier molecular flexibility index (Phi) is 6.77. The van der Waals surface area contributed by atoms with E-state index < -0.39 is 35.3 Å². The van der Waals surface area contributed by atoms with Crippen molar-refractivity contribution in [1.29, 1.82) is 0 Å². The highest BCUT2D eigenvalue weighted by Crippen LogP contribution is 2.33. The first-order valence-electron chi connectivity index (χ1n) is 9.05. The molecule has 0 saturated heterocycles. The van der Waals surface area contributed by atoms with E-state index in [9.17, 15) is 31.1 Å². The van der Waals surface area contributed by atoms with Gasteiger partial charge in [0, 0.05) is 11.3 Å². The summed E-state index contributed by atoms with van der Waals surface area (Å²) in [7, 11) is 0. The first-order valence-corrected chi connectivity index (χ1v) is 10.0. The summed E-state index contributed by atoms with van der Waals surface area (Å²) in [5, 5.41) is 2.00. The molecule has 32 heavy (non-hydrogen) atoms. The number of carbonyl (C=O) groups excluding carboxylic acids is 1. The highest BCUT2D eigenvalue weighted by molar-refractivity contribution is 7.99. The van der Waals surface area contributed by atoms with E-state index in [1.807, 2.05) is 6.92 Å². The van der Waals surface area contributed by atoms with Crippen LogP contribution in [0, 0.1) is 6.92 Å². The van der Waals surface area contributed by atoms with Crippen LogP contribution in [0.1, 0.15) is 16.8 Å². The monoisotopic (exact) mass is 471 g/mol. The molecule has 0 aliphatic heterocycles. The molecule has 0 fully saturated rings. The van der Waals surface area contributed by atoms with Crippen molar-refractivity contribution in [3.63, 3.8) is 0 Å². The summed E-state index contributed by atoms with van der Waals surface area (Å²) in [5.74, 6) is -1.11. The van der Waals surface area contributed by atoms with Gasteiger partial charge in [0.1, 0.15) is 5.69 Å². The fourth-order valence-electron chi connectivity index (χ4n) is 2.61. The van der Waals surface area contributed by atoms with Gasteiger partial charge in [0.15, 0.2) is 5.16 Å². The number of rotatable bonds is 5. The molecule has 1 N–H and O–H groups in total. The van der Waals surface area contributed by atoms with Crippen LogP contribution in [-0.2, 0) is 17.1 Å². The number of anilines is 1. The second-order valence-corrected chi connectivity index (χ2v) is 7.64. The van der Waals surface area contributed by atoms with Crippen molar-refractivity contribution in [3.05, 3.63) is 71.4 Å². The standard InChI is InChI=1S/C21H15F6N3OS/c1-12-5-7-13(8-6-12)16-10-17(21(25,26)27)30-19(29-16)32-11-18(31)28-15-4-2-3-14(9-15)20(22,23)24/h2-10H,11H2,1H3,(H,28,31). The van der Waals surface area contributed by atoms with Crippen LogP contribution in [0.3, 0.4) is 0 Å².